The molecule has 1 saturated carbocycles. The van der Waals surface area contributed by atoms with E-state index in [1.165, 1.54) is 17.5 Å². The molecule has 0 amide bonds. The van der Waals surface area contributed by atoms with E-state index < -0.39 is 0 Å². The predicted molar refractivity (Wildman–Crippen MR) is 117 cm³/mol. The molecule has 2 aromatic rings. The van der Waals surface area contributed by atoms with Crippen LogP contribution in [-0.4, -0.2) is 36.1 Å². The topological polar surface area (TPSA) is 50.8 Å². The first-order valence-corrected chi connectivity index (χ1v) is 10.9. The molecule has 0 bridgehead atoms. The molecule has 0 spiro atoms. The molecule has 5 rings (SSSR count). The number of carbonyl (C=O) groups is 1. The number of hydrogen-bond acceptors (Lipinski definition) is 5. The number of ketones is 1. The molecule has 1 N–H and O–H groups in total. The SMILES string of the molecule is CC(=O)c1ccccc1N[C@]1(C)CC[C@@H]2CN(Cc3cc4c(cc3C)OCO4)C[C@@H]21. The number of carbonyl (C=O) groups excluding carboxylic acids is 1. The lowest BCUT2D eigenvalue weighted by Gasteiger charge is -2.34. The third-order valence-electron chi connectivity index (χ3n) is 7.32. The van der Waals surface area contributed by atoms with Crippen LogP contribution in [0.2, 0.25) is 0 Å². The molecule has 0 aromatic heterocycles. The van der Waals surface area contributed by atoms with Gasteiger partial charge in [0.25, 0.3) is 0 Å². The van der Waals surface area contributed by atoms with Crippen LogP contribution in [0, 0.1) is 18.8 Å². The molecule has 5 heteroatoms. The Labute approximate surface area is 178 Å². The van der Waals surface area contributed by atoms with Crippen LogP contribution >= 0.6 is 0 Å². The molecular formula is C25H30N2O3. The van der Waals surface area contributed by atoms with Gasteiger partial charge in [-0.1, -0.05) is 12.1 Å². The molecule has 1 saturated heterocycles. The van der Waals surface area contributed by atoms with E-state index in [1.54, 1.807) is 6.92 Å². The average molecular weight is 407 g/mol. The lowest BCUT2D eigenvalue weighted by atomic mass is 9.86. The number of benzene rings is 2. The quantitative estimate of drug-likeness (QED) is 0.733. The maximum Gasteiger partial charge on any atom is 0.231 e. The molecule has 3 aliphatic rings. The molecule has 158 valence electrons. The maximum absolute atomic E-state index is 12.1. The second-order valence-electron chi connectivity index (χ2n) is 9.38. The highest BCUT2D eigenvalue weighted by Gasteiger charge is 2.49. The van der Waals surface area contributed by atoms with Gasteiger partial charge in [-0.05, 0) is 80.8 Å². The number of nitrogens with one attached hydrogen (secondary N) is 1. The fourth-order valence-corrected chi connectivity index (χ4v) is 5.63. The van der Waals surface area contributed by atoms with Gasteiger partial charge in [0, 0.05) is 36.4 Å². The molecule has 2 fully saturated rings. The van der Waals surface area contributed by atoms with Gasteiger partial charge in [-0.3, -0.25) is 9.69 Å². The van der Waals surface area contributed by atoms with Crippen molar-refractivity contribution in [2.75, 3.05) is 25.2 Å². The van der Waals surface area contributed by atoms with E-state index in [0.29, 0.717) is 18.6 Å². The zero-order valence-corrected chi connectivity index (χ0v) is 18.0. The minimum absolute atomic E-state index is 0.00883. The van der Waals surface area contributed by atoms with Gasteiger partial charge in [0.05, 0.1) is 0 Å². The third-order valence-corrected chi connectivity index (χ3v) is 7.32. The standard InChI is InChI=1S/C25H30N2O3/c1-16-10-23-24(30-15-29-23)11-19(16)13-27-12-18-8-9-25(3,21(18)14-27)26-22-7-5-4-6-20(22)17(2)28/h4-7,10-11,18,21,26H,8-9,12-15H2,1-3H3/t18-,21+,25-/m1/s1. The van der Waals surface area contributed by atoms with Crippen molar-refractivity contribution in [3.63, 3.8) is 0 Å². The Morgan fingerprint density at radius 1 is 1.20 bits per heavy atom. The summed E-state index contributed by atoms with van der Waals surface area (Å²) in [6.45, 7) is 9.59. The smallest absolute Gasteiger partial charge is 0.231 e. The Kier molecular flexibility index (Phi) is 4.73. The summed E-state index contributed by atoms with van der Waals surface area (Å²) in [6.07, 6.45) is 2.37. The molecule has 0 radical (unpaired) electrons. The minimum Gasteiger partial charge on any atom is -0.454 e. The fourth-order valence-electron chi connectivity index (χ4n) is 5.63. The molecule has 5 nitrogen and oxygen atoms in total. The Balaban J connectivity index is 1.32. The van der Waals surface area contributed by atoms with Crippen molar-refractivity contribution < 1.29 is 14.3 Å². The average Bonchev–Trinajstić information content (AvgIpc) is 3.40. The van der Waals surface area contributed by atoms with E-state index >= 15 is 0 Å². The predicted octanol–water partition coefficient (Wildman–Crippen LogP) is 4.64. The highest BCUT2D eigenvalue weighted by molar-refractivity contribution is 5.99. The van der Waals surface area contributed by atoms with Gasteiger partial charge in [-0.15, -0.1) is 0 Å². The number of likely N-dealkylation sites (tertiary alicyclic amines) is 1. The largest absolute Gasteiger partial charge is 0.454 e. The second kappa shape index (κ2) is 7.31. The number of Topliss-reactive ketones (excluding diaryl/α,β-unsaturated/α-hetero) is 1. The van der Waals surface area contributed by atoms with Gasteiger partial charge in [-0.2, -0.15) is 0 Å². The first-order chi connectivity index (χ1) is 14.4. The molecule has 3 atom stereocenters. The number of nitrogens with zero attached hydrogens (tertiary/aromatic N) is 1. The molecule has 0 unspecified atom stereocenters. The van der Waals surface area contributed by atoms with Crippen LogP contribution in [0.1, 0.15) is 48.2 Å². The van der Waals surface area contributed by atoms with Crippen molar-refractivity contribution in [3.8, 4) is 11.5 Å². The van der Waals surface area contributed by atoms with Gasteiger partial charge in [0.2, 0.25) is 6.79 Å². The zero-order chi connectivity index (χ0) is 20.9. The molecule has 1 aliphatic carbocycles. The summed E-state index contributed by atoms with van der Waals surface area (Å²) in [5.74, 6) is 3.11. The molecule has 2 heterocycles. The van der Waals surface area contributed by atoms with E-state index in [4.69, 9.17) is 9.47 Å². The van der Waals surface area contributed by atoms with Crippen LogP contribution in [-0.2, 0) is 6.54 Å². The zero-order valence-electron chi connectivity index (χ0n) is 18.0. The first-order valence-electron chi connectivity index (χ1n) is 10.9. The van der Waals surface area contributed by atoms with Crippen molar-refractivity contribution in [2.24, 2.45) is 11.8 Å². The monoisotopic (exact) mass is 406 g/mol. The molecular weight excluding hydrogens is 376 g/mol. The van der Waals surface area contributed by atoms with Crippen molar-refractivity contribution in [2.45, 2.75) is 45.7 Å². The summed E-state index contributed by atoms with van der Waals surface area (Å²) in [7, 11) is 0. The van der Waals surface area contributed by atoms with Crippen molar-refractivity contribution in [1.82, 2.24) is 4.90 Å². The Bertz CT molecular complexity index is 988. The van der Waals surface area contributed by atoms with E-state index in [0.717, 1.165) is 48.8 Å². The molecule has 2 aliphatic heterocycles. The van der Waals surface area contributed by atoms with Crippen LogP contribution in [0.5, 0.6) is 11.5 Å². The van der Waals surface area contributed by atoms with Crippen LogP contribution < -0.4 is 14.8 Å². The Morgan fingerprint density at radius 3 is 2.77 bits per heavy atom. The summed E-state index contributed by atoms with van der Waals surface area (Å²) in [4.78, 5) is 14.7. The van der Waals surface area contributed by atoms with Crippen molar-refractivity contribution in [1.29, 1.82) is 0 Å². The number of rotatable bonds is 5. The van der Waals surface area contributed by atoms with E-state index in [-0.39, 0.29) is 11.3 Å². The number of hydrogen-bond donors (Lipinski definition) is 1. The Hall–Kier alpha value is -2.53. The number of ether oxygens (including phenoxy) is 2. The van der Waals surface area contributed by atoms with Gasteiger partial charge < -0.3 is 14.8 Å². The number of anilines is 1. The highest BCUT2D eigenvalue weighted by atomic mass is 16.7. The lowest BCUT2D eigenvalue weighted by Crippen LogP contribution is -2.42. The lowest BCUT2D eigenvalue weighted by molar-refractivity contribution is 0.101. The highest BCUT2D eigenvalue weighted by Crippen LogP contribution is 2.47. The second-order valence-corrected chi connectivity index (χ2v) is 9.38. The fraction of sp³-hybridized carbons (Fsp3) is 0.480. The third kappa shape index (κ3) is 3.35. The van der Waals surface area contributed by atoms with Crippen LogP contribution in [0.25, 0.3) is 0 Å². The number of para-hydroxylation sites is 1. The van der Waals surface area contributed by atoms with Crippen LogP contribution in [0.3, 0.4) is 0 Å². The van der Waals surface area contributed by atoms with Gasteiger partial charge >= 0.3 is 0 Å². The normalized spacial score (nSPS) is 27.3. The first kappa shape index (κ1) is 19.4. The van der Waals surface area contributed by atoms with Gasteiger partial charge in [0.1, 0.15) is 0 Å². The van der Waals surface area contributed by atoms with Crippen molar-refractivity contribution >= 4 is 11.5 Å². The summed E-state index contributed by atoms with van der Waals surface area (Å²) in [5, 5.41) is 3.78. The number of fused-ring (bicyclic) bond motifs is 2. The summed E-state index contributed by atoms with van der Waals surface area (Å²) in [6, 6.07) is 12.1. The van der Waals surface area contributed by atoms with Crippen LogP contribution in [0.4, 0.5) is 5.69 Å². The minimum atomic E-state index is 0.00883. The van der Waals surface area contributed by atoms with E-state index in [1.807, 2.05) is 24.3 Å². The molecule has 30 heavy (non-hydrogen) atoms. The van der Waals surface area contributed by atoms with Crippen LogP contribution in [0.15, 0.2) is 36.4 Å². The van der Waals surface area contributed by atoms with E-state index in [9.17, 15) is 4.79 Å². The molecule has 2 aromatic carbocycles. The summed E-state index contributed by atoms with van der Waals surface area (Å²) in [5.41, 5.74) is 4.34. The van der Waals surface area contributed by atoms with Crippen molar-refractivity contribution in [3.05, 3.63) is 53.1 Å². The Morgan fingerprint density at radius 2 is 1.97 bits per heavy atom. The summed E-state index contributed by atoms with van der Waals surface area (Å²) < 4.78 is 11.1. The van der Waals surface area contributed by atoms with Gasteiger partial charge in [0.15, 0.2) is 17.3 Å². The summed E-state index contributed by atoms with van der Waals surface area (Å²) >= 11 is 0. The van der Waals surface area contributed by atoms with E-state index in [2.05, 4.69) is 36.2 Å². The van der Waals surface area contributed by atoms with Gasteiger partial charge in [-0.25, -0.2) is 0 Å². The number of aryl methyl sites for hydroxylation is 1. The maximum atomic E-state index is 12.1.